The molecule has 1 aromatic carbocycles. The second-order valence-electron chi connectivity index (χ2n) is 2.51. The van der Waals surface area contributed by atoms with Gasteiger partial charge in [0.05, 0.1) is 0 Å². The van der Waals surface area contributed by atoms with Crippen LogP contribution in [0.5, 0.6) is 5.75 Å². The van der Waals surface area contributed by atoms with Crippen molar-refractivity contribution >= 4 is 6.08 Å². The van der Waals surface area contributed by atoms with Crippen molar-refractivity contribution in [2.45, 2.75) is 13.8 Å². The van der Waals surface area contributed by atoms with Crippen molar-refractivity contribution in [3.8, 4) is 5.75 Å². The van der Waals surface area contributed by atoms with Crippen LogP contribution < -0.4 is 0 Å². The summed E-state index contributed by atoms with van der Waals surface area (Å²) < 4.78 is 0. The van der Waals surface area contributed by atoms with E-state index in [2.05, 4.69) is 0 Å². The maximum Gasteiger partial charge on any atom is 0.125 e. The molecule has 0 heterocycles. The van der Waals surface area contributed by atoms with Crippen molar-refractivity contribution in [2.24, 2.45) is 0 Å². The number of allylic oxidation sites excluding steroid dienone is 1. The van der Waals surface area contributed by atoms with Crippen LogP contribution in [0.25, 0.3) is 6.08 Å². The molecular weight excluding hydrogens is 136 g/mol. The van der Waals surface area contributed by atoms with Crippen molar-refractivity contribution in [1.82, 2.24) is 0 Å². The summed E-state index contributed by atoms with van der Waals surface area (Å²) in [4.78, 5) is 0. The highest BCUT2D eigenvalue weighted by Crippen LogP contribution is 2.22. The van der Waals surface area contributed by atoms with Gasteiger partial charge in [-0.2, -0.15) is 0 Å². The minimum Gasteiger partial charge on any atom is -0.507 e. The minimum absolute atomic E-state index is 0.380. The van der Waals surface area contributed by atoms with Crippen LogP contribution in [-0.2, 0) is 0 Å². The summed E-state index contributed by atoms with van der Waals surface area (Å²) in [6.07, 6.45) is 3.80. The molecule has 0 saturated heterocycles. The number of hydrogen-bond donors (Lipinski definition) is 1. The molecular formula is C10H12O. The number of benzene rings is 1. The molecule has 0 spiro atoms. The molecule has 1 nitrogen and oxygen atoms in total. The molecule has 0 aromatic heterocycles. The van der Waals surface area contributed by atoms with E-state index in [0.29, 0.717) is 5.75 Å². The zero-order valence-electron chi connectivity index (χ0n) is 6.83. The van der Waals surface area contributed by atoms with E-state index in [9.17, 15) is 5.11 Å². The monoisotopic (exact) mass is 148 g/mol. The SMILES string of the molecule is C/C=C\c1cccc(C)c1O. The molecule has 1 heteroatoms. The fourth-order valence-corrected chi connectivity index (χ4v) is 0.996. The number of para-hydroxylation sites is 1. The number of phenols is 1. The fourth-order valence-electron chi connectivity index (χ4n) is 0.996. The van der Waals surface area contributed by atoms with Gasteiger partial charge in [0, 0.05) is 5.56 Å². The lowest BCUT2D eigenvalue weighted by atomic mass is 10.1. The van der Waals surface area contributed by atoms with Crippen LogP contribution in [0.3, 0.4) is 0 Å². The first-order valence-corrected chi connectivity index (χ1v) is 3.67. The van der Waals surface area contributed by atoms with Crippen molar-refractivity contribution in [3.05, 3.63) is 35.4 Å². The summed E-state index contributed by atoms with van der Waals surface area (Å²) in [5.41, 5.74) is 1.80. The Balaban J connectivity index is 3.16. The van der Waals surface area contributed by atoms with Gasteiger partial charge in [-0.1, -0.05) is 30.4 Å². The Morgan fingerprint density at radius 1 is 1.36 bits per heavy atom. The summed E-state index contributed by atoms with van der Waals surface area (Å²) in [7, 11) is 0. The highest BCUT2D eigenvalue weighted by molar-refractivity contribution is 5.58. The molecule has 11 heavy (non-hydrogen) atoms. The zero-order chi connectivity index (χ0) is 8.27. The van der Waals surface area contributed by atoms with E-state index in [1.54, 1.807) is 0 Å². The van der Waals surface area contributed by atoms with E-state index in [-0.39, 0.29) is 0 Å². The molecule has 0 saturated carbocycles. The molecule has 0 aliphatic carbocycles. The van der Waals surface area contributed by atoms with Gasteiger partial charge in [0.2, 0.25) is 0 Å². The first-order chi connectivity index (χ1) is 5.25. The van der Waals surface area contributed by atoms with Crippen molar-refractivity contribution in [1.29, 1.82) is 0 Å². The van der Waals surface area contributed by atoms with E-state index in [0.717, 1.165) is 11.1 Å². The van der Waals surface area contributed by atoms with Gasteiger partial charge in [-0.25, -0.2) is 0 Å². The average Bonchev–Trinajstić information content (AvgIpc) is 1.99. The predicted molar refractivity (Wildman–Crippen MR) is 47.6 cm³/mol. The van der Waals surface area contributed by atoms with Gasteiger partial charge in [0.25, 0.3) is 0 Å². The molecule has 0 radical (unpaired) electrons. The number of aryl methyl sites for hydroxylation is 1. The summed E-state index contributed by atoms with van der Waals surface area (Å²) in [5, 5.41) is 9.48. The molecule has 0 aliphatic heterocycles. The molecule has 0 aliphatic rings. The predicted octanol–water partition coefficient (Wildman–Crippen LogP) is 2.73. The largest absolute Gasteiger partial charge is 0.507 e. The second kappa shape index (κ2) is 3.24. The van der Waals surface area contributed by atoms with Crippen LogP contribution in [0.1, 0.15) is 18.1 Å². The molecule has 0 bridgehead atoms. The third-order valence-electron chi connectivity index (χ3n) is 1.62. The lowest BCUT2D eigenvalue weighted by molar-refractivity contribution is 0.470. The summed E-state index contributed by atoms with van der Waals surface area (Å²) in [6.45, 7) is 3.82. The normalized spacial score (nSPS) is 10.7. The minimum atomic E-state index is 0.380. The summed E-state index contributed by atoms with van der Waals surface area (Å²) in [6, 6.07) is 5.72. The quantitative estimate of drug-likeness (QED) is 0.649. The molecule has 58 valence electrons. The molecule has 0 amide bonds. The van der Waals surface area contributed by atoms with Crippen molar-refractivity contribution in [3.63, 3.8) is 0 Å². The zero-order valence-corrected chi connectivity index (χ0v) is 6.83. The Morgan fingerprint density at radius 2 is 2.09 bits per heavy atom. The first-order valence-electron chi connectivity index (χ1n) is 3.67. The molecule has 0 atom stereocenters. The summed E-state index contributed by atoms with van der Waals surface area (Å²) in [5.74, 6) is 0.380. The Labute approximate surface area is 67.0 Å². The van der Waals surface area contributed by atoms with Crippen LogP contribution in [0.2, 0.25) is 0 Å². The first kappa shape index (κ1) is 7.86. The van der Waals surface area contributed by atoms with E-state index in [1.807, 2.05) is 44.2 Å². The van der Waals surface area contributed by atoms with E-state index in [4.69, 9.17) is 0 Å². The van der Waals surface area contributed by atoms with Gasteiger partial charge >= 0.3 is 0 Å². The Bertz CT molecular complexity index is 274. The van der Waals surface area contributed by atoms with Crippen LogP contribution in [0.4, 0.5) is 0 Å². The third-order valence-corrected chi connectivity index (χ3v) is 1.62. The maximum absolute atomic E-state index is 9.48. The highest BCUT2D eigenvalue weighted by atomic mass is 16.3. The van der Waals surface area contributed by atoms with Crippen LogP contribution in [0, 0.1) is 6.92 Å². The van der Waals surface area contributed by atoms with Crippen LogP contribution in [-0.4, -0.2) is 5.11 Å². The fraction of sp³-hybridized carbons (Fsp3) is 0.200. The van der Waals surface area contributed by atoms with Gasteiger partial charge in [0.1, 0.15) is 5.75 Å². The van der Waals surface area contributed by atoms with Gasteiger partial charge in [0.15, 0.2) is 0 Å². The molecule has 0 fully saturated rings. The molecule has 1 N–H and O–H groups in total. The van der Waals surface area contributed by atoms with Crippen molar-refractivity contribution in [2.75, 3.05) is 0 Å². The van der Waals surface area contributed by atoms with Crippen molar-refractivity contribution < 1.29 is 5.11 Å². The number of hydrogen-bond acceptors (Lipinski definition) is 1. The van der Waals surface area contributed by atoms with Gasteiger partial charge < -0.3 is 5.11 Å². The van der Waals surface area contributed by atoms with E-state index in [1.165, 1.54) is 0 Å². The topological polar surface area (TPSA) is 20.2 Å². The molecule has 1 aromatic rings. The Kier molecular flexibility index (Phi) is 2.32. The summed E-state index contributed by atoms with van der Waals surface area (Å²) >= 11 is 0. The van der Waals surface area contributed by atoms with Gasteiger partial charge in [-0.3, -0.25) is 0 Å². The number of phenolic OH excluding ortho intramolecular Hbond substituents is 1. The molecule has 0 unspecified atom stereocenters. The number of aromatic hydroxyl groups is 1. The standard InChI is InChI=1S/C10H12O/c1-3-5-9-7-4-6-8(2)10(9)11/h3-7,11H,1-2H3/b5-3-. The molecule has 1 rings (SSSR count). The van der Waals surface area contributed by atoms with E-state index < -0.39 is 0 Å². The lowest BCUT2D eigenvalue weighted by Gasteiger charge is -2.00. The highest BCUT2D eigenvalue weighted by Gasteiger charge is 1.97. The van der Waals surface area contributed by atoms with Gasteiger partial charge in [-0.15, -0.1) is 0 Å². The number of rotatable bonds is 1. The van der Waals surface area contributed by atoms with Crippen LogP contribution in [0.15, 0.2) is 24.3 Å². The van der Waals surface area contributed by atoms with Crippen LogP contribution >= 0.6 is 0 Å². The smallest absolute Gasteiger partial charge is 0.125 e. The third kappa shape index (κ3) is 1.61. The maximum atomic E-state index is 9.48. The Morgan fingerprint density at radius 3 is 2.73 bits per heavy atom. The Hall–Kier alpha value is -1.24. The lowest BCUT2D eigenvalue weighted by Crippen LogP contribution is -1.77. The second-order valence-corrected chi connectivity index (χ2v) is 2.51. The van der Waals surface area contributed by atoms with Gasteiger partial charge in [-0.05, 0) is 19.4 Å². The average molecular weight is 148 g/mol. The van der Waals surface area contributed by atoms with E-state index >= 15 is 0 Å².